The molecule has 1 fully saturated rings. The normalized spacial score (nSPS) is 34.9. The second kappa shape index (κ2) is 5.34. The molecule has 0 radical (unpaired) electrons. The maximum absolute atomic E-state index is 14.9. The Morgan fingerprint density at radius 2 is 2.45 bits per heavy atom. The summed E-state index contributed by atoms with van der Waals surface area (Å²) in [6, 6.07) is 0. The summed E-state index contributed by atoms with van der Waals surface area (Å²) < 4.78 is 34.6. The van der Waals surface area contributed by atoms with Gasteiger partial charge in [0, 0.05) is 5.38 Å². The quantitative estimate of drug-likeness (QED) is 0.549. The first-order chi connectivity index (χ1) is 10.1. The van der Waals surface area contributed by atoms with Gasteiger partial charge in [-0.1, -0.05) is 0 Å². The number of H-pyrrole nitrogens is 1. The minimum absolute atomic E-state index is 0.456. The molecular formula is C10H9ClFN3O5. The number of aromatic nitrogens is 3. The second-order valence-corrected chi connectivity index (χ2v) is 4.05. The molecule has 0 amide bonds. The third-order valence-electron chi connectivity index (χ3n) is 2.72. The van der Waals surface area contributed by atoms with Crippen molar-refractivity contribution in [2.75, 3.05) is 6.56 Å². The molecule has 0 saturated carbocycles. The Morgan fingerprint density at radius 1 is 1.75 bits per heavy atom. The number of alkyl halides is 1. The van der Waals surface area contributed by atoms with Crippen molar-refractivity contribution < 1.29 is 22.1 Å². The van der Waals surface area contributed by atoms with E-state index in [2.05, 4.69) is 4.98 Å². The summed E-state index contributed by atoms with van der Waals surface area (Å²) in [7, 11) is 0. The van der Waals surface area contributed by atoms with Crippen molar-refractivity contribution in [3.63, 3.8) is 0 Å². The lowest BCUT2D eigenvalue weighted by atomic mass is 9.97. The largest absolute Gasteiger partial charge is 0.394 e. The predicted molar refractivity (Wildman–Crippen MR) is 63.6 cm³/mol. The maximum Gasteiger partial charge on any atom is 0.350 e. The van der Waals surface area contributed by atoms with Crippen LogP contribution in [0.25, 0.3) is 0 Å². The summed E-state index contributed by atoms with van der Waals surface area (Å²) in [4.78, 5) is 27.6. The molecule has 0 bridgehead atoms. The number of halogens is 2. The summed E-state index contributed by atoms with van der Waals surface area (Å²) in [6.45, 7) is -3.13. The van der Waals surface area contributed by atoms with E-state index in [9.17, 15) is 24.2 Å². The second-order valence-electron chi connectivity index (χ2n) is 3.86. The topological polar surface area (TPSA) is 117 Å². The van der Waals surface area contributed by atoms with Crippen molar-refractivity contribution >= 4 is 11.6 Å². The molecular weight excluding hydrogens is 297 g/mol. The van der Waals surface area contributed by atoms with Crippen LogP contribution < -0.4 is 11.4 Å². The van der Waals surface area contributed by atoms with Crippen LogP contribution in [0.5, 0.6) is 0 Å². The van der Waals surface area contributed by atoms with Crippen molar-refractivity contribution in [3.05, 3.63) is 27.3 Å². The predicted octanol–water partition coefficient (Wildman–Crippen LogP) is -1.91. The molecule has 108 valence electrons. The van der Waals surface area contributed by atoms with Gasteiger partial charge in [-0.2, -0.15) is 4.98 Å². The number of ether oxygens (including phenoxy) is 1. The lowest BCUT2D eigenvalue weighted by molar-refractivity contribution is -0.0548. The summed E-state index contributed by atoms with van der Waals surface area (Å²) in [6.07, 6.45) is -5.67. The van der Waals surface area contributed by atoms with Gasteiger partial charge in [0.25, 0.3) is 0 Å². The smallest absolute Gasteiger partial charge is 0.350 e. The Morgan fingerprint density at radius 3 is 3.00 bits per heavy atom. The van der Waals surface area contributed by atoms with E-state index in [1.54, 1.807) is 16.3 Å². The van der Waals surface area contributed by atoms with Crippen LogP contribution >= 0.6 is 11.6 Å². The standard InChI is InChI=1S/C10H9ClFN3O5/c11-2-1-10(12)6(17)5(3-16)20-7(10)15-4-13-8(18)14-9(15)19/h4-7,16-17H,3H2,(H,14,18,19)/t5-,6?,7-,10-/m1/s1/i3D2. The average molecular weight is 308 g/mol. The molecule has 10 heteroatoms. The Hall–Kier alpha value is -1.73. The van der Waals surface area contributed by atoms with E-state index in [1.807, 2.05) is 0 Å². The molecule has 1 saturated heterocycles. The molecule has 2 rings (SSSR count). The zero-order valence-electron chi connectivity index (χ0n) is 11.6. The average Bonchev–Trinajstić information content (AvgIpc) is 2.63. The first-order valence-corrected chi connectivity index (χ1v) is 5.54. The van der Waals surface area contributed by atoms with E-state index in [1.165, 1.54) is 0 Å². The molecule has 1 aromatic heterocycles. The molecule has 1 aromatic rings. The highest BCUT2D eigenvalue weighted by Crippen LogP contribution is 2.40. The van der Waals surface area contributed by atoms with Gasteiger partial charge in [0.05, 0.1) is 9.30 Å². The number of aromatic amines is 1. The first kappa shape index (κ1) is 12.0. The highest BCUT2D eigenvalue weighted by atomic mass is 35.5. The molecule has 3 N–H and O–H groups in total. The number of nitrogens with one attached hydrogen (secondary N) is 1. The highest BCUT2D eigenvalue weighted by Gasteiger charge is 2.58. The summed E-state index contributed by atoms with van der Waals surface area (Å²) >= 11 is 5.13. The molecule has 1 unspecified atom stereocenters. The molecule has 20 heavy (non-hydrogen) atoms. The lowest BCUT2D eigenvalue weighted by Crippen LogP contribution is -2.45. The minimum Gasteiger partial charge on any atom is -0.394 e. The van der Waals surface area contributed by atoms with Crippen LogP contribution in [0.2, 0.25) is 0 Å². The van der Waals surface area contributed by atoms with Crippen LogP contribution in [-0.4, -0.2) is 49.2 Å². The summed E-state index contributed by atoms with van der Waals surface area (Å²) in [5.41, 5.74) is -5.15. The number of rotatable bonds is 2. The van der Waals surface area contributed by atoms with Crippen molar-refractivity contribution in [3.8, 4) is 11.3 Å². The van der Waals surface area contributed by atoms with Crippen molar-refractivity contribution in [1.29, 1.82) is 0 Å². The number of nitrogens with zero attached hydrogens (tertiary/aromatic N) is 2. The lowest BCUT2D eigenvalue weighted by Gasteiger charge is -2.23. The van der Waals surface area contributed by atoms with Gasteiger partial charge in [-0.05, 0) is 17.5 Å². The van der Waals surface area contributed by atoms with Gasteiger partial charge in [-0.15, -0.1) is 0 Å². The molecule has 0 spiro atoms. The number of hydrogen-bond acceptors (Lipinski definition) is 6. The van der Waals surface area contributed by atoms with Gasteiger partial charge < -0.3 is 14.9 Å². The Kier molecular flexibility index (Phi) is 3.21. The first-order valence-electron chi connectivity index (χ1n) is 6.16. The molecule has 0 aromatic carbocycles. The zero-order valence-corrected chi connectivity index (χ0v) is 10.3. The molecule has 2 heterocycles. The summed E-state index contributed by atoms with van der Waals surface area (Å²) in [5, 5.41) is 20.9. The van der Waals surface area contributed by atoms with Gasteiger partial charge in [0.15, 0.2) is 6.23 Å². The minimum atomic E-state index is -3.13. The van der Waals surface area contributed by atoms with E-state index in [4.69, 9.17) is 19.1 Å². The zero-order chi connectivity index (χ0) is 16.7. The van der Waals surface area contributed by atoms with Crippen LogP contribution in [0, 0.1) is 11.3 Å². The van der Waals surface area contributed by atoms with E-state index in [0.29, 0.717) is 10.9 Å². The van der Waals surface area contributed by atoms with Crippen LogP contribution in [0.15, 0.2) is 15.9 Å². The Bertz CT molecular complexity index is 754. The molecule has 0 aliphatic carbocycles. The van der Waals surface area contributed by atoms with Crippen LogP contribution in [0.1, 0.15) is 8.97 Å². The Balaban J connectivity index is 2.59. The van der Waals surface area contributed by atoms with E-state index in [0.717, 1.165) is 0 Å². The molecule has 1 aliphatic rings. The van der Waals surface area contributed by atoms with E-state index < -0.39 is 42.0 Å². The van der Waals surface area contributed by atoms with Gasteiger partial charge in [0.2, 0.25) is 5.67 Å². The Labute approximate surface area is 118 Å². The molecule has 8 nitrogen and oxygen atoms in total. The third kappa shape index (κ3) is 2.23. The third-order valence-corrected chi connectivity index (χ3v) is 2.81. The van der Waals surface area contributed by atoms with Crippen LogP contribution in [0.3, 0.4) is 0 Å². The van der Waals surface area contributed by atoms with Crippen molar-refractivity contribution in [2.24, 2.45) is 0 Å². The fraction of sp³-hybridized carbons (Fsp3) is 0.500. The SMILES string of the molecule is [2H]C([2H])(O)[C@H]1O[C@@H](n2cnc(=O)[nH]c2=O)[C@@](F)(C#CCl)C1O. The van der Waals surface area contributed by atoms with Gasteiger partial charge in [-0.3, -0.25) is 9.55 Å². The van der Waals surface area contributed by atoms with Gasteiger partial charge in [0.1, 0.15) is 18.5 Å². The van der Waals surface area contributed by atoms with Crippen LogP contribution in [-0.2, 0) is 4.74 Å². The van der Waals surface area contributed by atoms with Crippen molar-refractivity contribution in [2.45, 2.75) is 24.1 Å². The number of aliphatic hydroxyl groups is 2. The maximum atomic E-state index is 14.9. The summed E-state index contributed by atoms with van der Waals surface area (Å²) in [5.74, 6) is 1.78. The van der Waals surface area contributed by atoms with E-state index in [-0.39, 0.29) is 0 Å². The fourth-order valence-corrected chi connectivity index (χ4v) is 1.92. The van der Waals surface area contributed by atoms with Gasteiger partial charge in [-0.25, -0.2) is 14.0 Å². The fourth-order valence-electron chi connectivity index (χ4n) is 1.78. The monoisotopic (exact) mass is 307 g/mol. The molecule has 4 atom stereocenters. The number of hydrogen-bond donors (Lipinski definition) is 3. The van der Waals surface area contributed by atoms with Crippen molar-refractivity contribution in [1.82, 2.24) is 14.5 Å². The van der Waals surface area contributed by atoms with E-state index >= 15 is 0 Å². The highest BCUT2D eigenvalue weighted by molar-refractivity contribution is 6.30. The van der Waals surface area contributed by atoms with Crippen LogP contribution in [0.4, 0.5) is 4.39 Å². The molecule has 1 aliphatic heterocycles. The number of aliphatic hydroxyl groups excluding tert-OH is 1. The van der Waals surface area contributed by atoms with Gasteiger partial charge >= 0.3 is 11.4 Å².